The van der Waals surface area contributed by atoms with Gasteiger partial charge in [-0.05, 0) is 64.2 Å². The van der Waals surface area contributed by atoms with Crippen LogP contribution in [0.4, 0.5) is 0 Å². The standard InChI is InChI=1S/C67H117NO18/c1-3-5-7-9-11-13-15-16-17-18-19-20-21-22-23-24-25-26-27-28-29-30-31-32-33-34-35-37-39-41-43-45-55(73)68-50(51(72)44-42-40-38-36-14-12-10-8-6-4-2)49-81-65-61(79)58(76)63(53(47-70)83-65)86-67-62(80)59(77)64(54(48-71)84-67)85-66-60(78)57(75)56(74)52(46-69)82-66/h5,7,11,13,16-17,19-20,22-23,25-26,50-54,56-67,69-72,74-80H,3-4,6,8-10,12,14-15,18,21,24,27-49H2,1-2H3,(H,68,73)/b7-5-,13-11-,17-16-,20-19-,23-22-,26-25-. The fraction of sp³-hybridized carbons (Fsp3) is 0.806. The van der Waals surface area contributed by atoms with Gasteiger partial charge in [0.15, 0.2) is 18.9 Å². The van der Waals surface area contributed by atoms with Gasteiger partial charge in [-0.15, -0.1) is 0 Å². The van der Waals surface area contributed by atoms with Crippen LogP contribution in [0.15, 0.2) is 72.9 Å². The number of carbonyl (C=O) groups excluding carboxylic acids is 1. The number of hydrogen-bond acceptors (Lipinski definition) is 18. The van der Waals surface area contributed by atoms with Gasteiger partial charge in [0, 0.05) is 6.42 Å². The van der Waals surface area contributed by atoms with E-state index in [1.54, 1.807) is 0 Å². The first-order chi connectivity index (χ1) is 41.8. The van der Waals surface area contributed by atoms with Crippen molar-refractivity contribution in [2.45, 2.75) is 317 Å². The second kappa shape index (κ2) is 49.0. The van der Waals surface area contributed by atoms with Gasteiger partial charge in [-0.1, -0.05) is 215 Å². The Morgan fingerprint density at radius 3 is 1.26 bits per heavy atom. The quantitative estimate of drug-likeness (QED) is 0.0204. The van der Waals surface area contributed by atoms with Crippen molar-refractivity contribution in [3.05, 3.63) is 72.9 Å². The minimum Gasteiger partial charge on any atom is -0.394 e. The summed E-state index contributed by atoms with van der Waals surface area (Å²) < 4.78 is 34.3. The summed E-state index contributed by atoms with van der Waals surface area (Å²) in [5.41, 5.74) is 0. The first kappa shape index (κ1) is 77.5. The third-order valence-corrected chi connectivity index (χ3v) is 16.3. The summed E-state index contributed by atoms with van der Waals surface area (Å²) in [7, 11) is 0. The fourth-order valence-corrected chi connectivity index (χ4v) is 10.9. The zero-order chi connectivity index (χ0) is 62.6. The summed E-state index contributed by atoms with van der Waals surface area (Å²) in [4.78, 5) is 13.4. The van der Waals surface area contributed by atoms with Crippen LogP contribution in [0.2, 0.25) is 0 Å². The van der Waals surface area contributed by atoms with Crippen LogP contribution in [0.1, 0.15) is 213 Å². The molecule has 0 aliphatic carbocycles. The van der Waals surface area contributed by atoms with Crippen molar-refractivity contribution in [1.29, 1.82) is 0 Å². The smallest absolute Gasteiger partial charge is 0.220 e. The highest BCUT2D eigenvalue weighted by Gasteiger charge is 2.53. The van der Waals surface area contributed by atoms with E-state index in [-0.39, 0.29) is 18.9 Å². The van der Waals surface area contributed by atoms with E-state index >= 15 is 0 Å². The lowest BCUT2D eigenvalue weighted by Gasteiger charge is -2.48. The number of aliphatic hydroxyl groups excluding tert-OH is 11. The molecular weight excluding hydrogens is 1110 g/mol. The zero-order valence-corrected chi connectivity index (χ0v) is 52.3. The van der Waals surface area contributed by atoms with E-state index in [0.717, 1.165) is 89.9 Å². The highest BCUT2D eigenvalue weighted by molar-refractivity contribution is 5.76. The fourth-order valence-electron chi connectivity index (χ4n) is 10.9. The number of unbranched alkanes of at least 4 members (excludes halogenated alkanes) is 21. The van der Waals surface area contributed by atoms with Gasteiger partial charge >= 0.3 is 0 Å². The van der Waals surface area contributed by atoms with Crippen LogP contribution >= 0.6 is 0 Å². The van der Waals surface area contributed by atoms with E-state index in [9.17, 15) is 61.0 Å². The largest absolute Gasteiger partial charge is 0.394 e. The first-order valence-electron chi connectivity index (χ1n) is 33.2. The van der Waals surface area contributed by atoms with Gasteiger partial charge in [-0.2, -0.15) is 0 Å². The van der Waals surface area contributed by atoms with Crippen LogP contribution in [0.5, 0.6) is 0 Å². The zero-order valence-electron chi connectivity index (χ0n) is 52.3. The Morgan fingerprint density at radius 1 is 0.430 bits per heavy atom. The number of allylic oxidation sites excluding steroid dienone is 12. The summed E-state index contributed by atoms with van der Waals surface area (Å²) in [6.45, 7) is 1.64. The SMILES string of the molecule is CC/C=C\C/C=C\C/C=C\C/C=C\C/C=C\C/C=C\CCCCCCCCCCCCCCC(=O)NC(COC1OC(CO)C(OC2OC(CO)C(OC3OC(CO)C(O)C(O)C3O)C(O)C2O)C(O)C1O)C(O)CCCCCCCCCCCC. The lowest BCUT2D eigenvalue weighted by Crippen LogP contribution is -2.66. The van der Waals surface area contributed by atoms with Crippen LogP contribution in [-0.2, 0) is 33.2 Å². The van der Waals surface area contributed by atoms with Crippen molar-refractivity contribution in [3.63, 3.8) is 0 Å². The molecule has 12 N–H and O–H groups in total. The van der Waals surface area contributed by atoms with E-state index in [0.29, 0.717) is 12.8 Å². The molecule has 86 heavy (non-hydrogen) atoms. The molecular formula is C67H117NO18. The van der Waals surface area contributed by atoms with Crippen LogP contribution < -0.4 is 5.32 Å². The third kappa shape index (κ3) is 31.3. The van der Waals surface area contributed by atoms with Crippen LogP contribution in [0.3, 0.4) is 0 Å². The van der Waals surface area contributed by atoms with Gasteiger partial charge in [-0.25, -0.2) is 0 Å². The van der Waals surface area contributed by atoms with Crippen LogP contribution in [-0.4, -0.2) is 193 Å². The van der Waals surface area contributed by atoms with Crippen molar-refractivity contribution in [2.24, 2.45) is 0 Å². The van der Waals surface area contributed by atoms with Gasteiger partial charge in [0.05, 0.1) is 38.6 Å². The summed E-state index contributed by atoms with van der Waals surface area (Å²) in [5, 5.41) is 120. The van der Waals surface area contributed by atoms with Gasteiger partial charge in [0.1, 0.15) is 73.2 Å². The Hall–Kier alpha value is -2.77. The topological polar surface area (TPSA) is 307 Å². The summed E-state index contributed by atoms with van der Waals surface area (Å²) in [5.74, 6) is -0.250. The number of nitrogens with one attached hydrogen (secondary N) is 1. The predicted molar refractivity (Wildman–Crippen MR) is 332 cm³/mol. The minimum atomic E-state index is -1.97. The van der Waals surface area contributed by atoms with E-state index < -0.39 is 124 Å². The maximum atomic E-state index is 13.4. The molecule has 17 atom stereocenters. The first-order valence-corrected chi connectivity index (χ1v) is 33.2. The number of ether oxygens (including phenoxy) is 6. The Labute approximate surface area is 515 Å². The molecule has 3 rings (SSSR count). The van der Waals surface area contributed by atoms with Crippen molar-refractivity contribution in [3.8, 4) is 0 Å². The minimum absolute atomic E-state index is 0.250. The van der Waals surface area contributed by atoms with E-state index in [1.165, 1.54) is 89.9 Å². The Balaban J connectivity index is 1.36. The normalized spacial score (nSPS) is 29.2. The highest BCUT2D eigenvalue weighted by Crippen LogP contribution is 2.33. The Morgan fingerprint density at radius 2 is 0.802 bits per heavy atom. The number of carbonyl (C=O) groups is 1. The molecule has 17 unspecified atom stereocenters. The molecule has 3 fully saturated rings. The molecule has 0 radical (unpaired) electrons. The number of hydrogen-bond donors (Lipinski definition) is 12. The lowest BCUT2D eigenvalue weighted by atomic mass is 9.96. The lowest BCUT2D eigenvalue weighted by molar-refractivity contribution is -0.379. The molecule has 0 aromatic rings. The van der Waals surface area contributed by atoms with E-state index in [4.69, 9.17) is 28.4 Å². The summed E-state index contributed by atoms with van der Waals surface area (Å²) in [6.07, 6.45) is 32.9. The van der Waals surface area contributed by atoms with Crippen molar-refractivity contribution < 1.29 is 89.4 Å². The molecule has 19 heteroatoms. The maximum Gasteiger partial charge on any atom is 0.220 e. The van der Waals surface area contributed by atoms with Crippen molar-refractivity contribution in [2.75, 3.05) is 26.4 Å². The van der Waals surface area contributed by atoms with Gasteiger partial charge in [0.2, 0.25) is 5.91 Å². The molecule has 0 aromatic heterocycles. The molecule has 3 heterocycles. The second-order valence-electron chi connectivity index (χ2n) is 23.6. The molecule has 19 nitrogen and oxygen atoms in total. The van der Waals surface area contributed by atoms with Crippen LogP contribution in [0, 0.1) is 0 Å². The molecule has 3 aliphatic rings. The van der Waals surface area contributed by atoms with Gasteiger partial charge in [0.25, 0.3) is 0 Å². The molecule has 0 spiro atoms. The molecule has 0 saturated carbocycles. The van der Waals surface area contributed by atoms with Crippen LogP contribution in [0.25, 0.3) is 0 Å². The average Bonchev–Trinajstić information content (AvgIpc) is 1.89. The number of amides is 1. The molecule has 0 bridgehead atoms. The van der Waals surface area contributed by atoms with Crippen molar-refractivity contribution >= 4 is 5.91 Å². The second-order valence-corrected chi connectivity index (χ2v) is 23.6. The third-order valence-electron chi connectivity index (χ3n) is 16.3. The molecule has 3 saturated heterocycles. The Bertz CT molecular complexity index is 1850. The summed E-state index contributed by atoms with van der Waals surface area (Å²) in [6, 6.07) is -0.890. The summed E-state index contributed by atoms with van der Waals surface area (Å²) >= 11 is 0. The van der Waals surface area contributed by atoms with Crippen molar-refractivity contribution in [1.82, 2.24) is 5.32 Å². The monoisotopic (exact) mass is 1220 g/mol. The average molecular weight is 1220 g/mol. The molecule has 3 aliphatic heterocycles. The van der Waals surface area contributed by atoms with E-state index in [2.05, 4.69) is 92.1 Å². The Kier molecular flexibility index (Phi) is 44.1. The number of aliphatic hydroxyl groups is 11. The van der Waals surface area contributed by atoms with Gasteiger partial charge in [-0.3, -0.25) is 4.79 Å². The molecule has 1 amide bonds. The highest BCUT2D eigenvalue weighted by atomic mass is 16.8. The van der Waals surface area contributed by atoms with E-state index in [1.807, 2.05) is 0 Å². The van der Waals surface area contributed by atoms with Gasteiger partial charge < -0.3 is 89.9 Å². The predicted octanol–water partition coefficient (Wildman–Crippen LogP) is 7.77. The molecule has 0 aromatic carbocycles. The maximum absolute atomic E-state index is 13.4. The molecule has 498 valence electrons. The number of rotatable bonds is 49.